The van der Waals surface area contributed by atoms with Crippen molar-refractivity contribution in [2.45, 2.75) is 22.8 Å². The molecule has 10 heteroatoms. The van der Waals surface area contributed by atoms with Crippen LogP contribution in [0.5, 0.6) is 0 Å². The third-order valence-electron chi connectivity index (χ3n) is 5.43. The van der Waals surface area contributed by atoms with Crippen molar-refractivity contribution >= 4 is 57.2 Å². The highest BCUT2D eigenvalue weighted by Gasteiger charge is 2.54. The topological polar surface area (TPSA) is 99.5 Å². The van der Waals surface area contributed by atoms with E-state index in [1.54, 1.807) is 6.26 Å². The van der Waals surface area contributed by atoms with Crippen molar-refractivity contribution in [2.75, 3.05) is 12.0 Å². The molecule has 2 heterocycles. The van der Waals surface area contributed by atoms with Crippen LogP contribution in [-0.2, 0) is 19.1 Å². The highest BCUT2D eigenvalue weighted by Crippen LogP contribution is 2.43. The number of hydrogen-bond donors (Lipinski definition) is 1. The molecule has 3 atom stereocenters. The third kappa shape index (κ3) is 4.73. The zero-order valence-corrected chi connectivity index (χ0v) is 21.2. The standard InChI is InChI=1S/C24H20BrN3O4S2/c1-33-17(12-26)21(29)27-18-22(30)28-19(16(25)13-34-23(18)28)24(31)32-20(14-8-4-2-5-9-14)15-10-6-3-7-11-15/h2-11,17-18,20,23H,13H2,1H3,(H,27,29)/t17?,18?,23-/m0/s1. The molecule has 2 aliphatic rings. The fraction of sp³-hybridized carbons (Fsp3) is 0.250. The second kappa shape index (κ2) is 10.7. The molecular formula is C24H20BrN3O4S2. The molecule has 0 spiro atoms. The Labute approximate surface area is 214 Å². The Morgan fingerprint density at radius 3 is 2.29 bits per heavy atom. The number of carbonyl (C=O) groups is 3. The first-order valence-corrected chi connectivity index (χ1v) is 13.5. The first-order valence-electron chi connectivity index (χ1n) is 10.3. The number of β-lactam (4-membered cyclic amide) rings is 1. The van der Waals surface area contributed by atoms with Gasteiger partial charge < -0.3 is 10.1 Å². The summed E-state index contributed by atoms with van der Waals surface area (Å²) in [7, 11) is 0. The van der Waals surface area contributed by atoms with Gasteiger partial charge in [0.05, 0.1) is 6.07 Å². The predicted octanol–water partition coefficient (Wildman–Crippen LogP) is 3.58. The normalized spacial score (nSPS) is 20.2. The molecule has 0 radical (unpaired) electrons. The smallest absolute Gasteiger partial charge is 0.356 e. The largest absolute Gasteiger partial charge is 0.448 e. The van der Waals surface area contributed by atoms with E-state index >= 15 is 0 Å². The lowest BCUT2D eigenvalue weighted by Crippen LogP contribution is -2.71. The molecule has 1 N–H and O–H groups in total. The summed E-state index contributed by atoms with van der Waals surface area (Å²) in [6.45, 7) is 0. The quantitative estimate of drug-likeness (QED) is 0.410. The maximum absolute atomic E-state index is 13.4. The molecule has 7 nitrogen and oxygen atoms in total. The van der Waals surface area contributed by atoms with Crippen molar-refractivity contribution in [3.8, 4) is 6.07 Å². The molecule has 34 heavy (non-hydrogen) atoms. The van der Waals surface area contributed by atoms with E-state index in [-0.39, 0.29) is 5.70 Å². The van der Waals surface area contributed by atoms with E-state index in [0.29, 0.717) is 10.2 Å². The van der Waals surface area contributed by atoms with Gasteiger partial charge in [-0.1, -0.05) is 76.6 Å². The van der Waals surface area contributed by atoms with Gasteiger partial charge in [-0.2, -0.15) is 5.26 Å². The molecule has 0 bridgehead atoms. The number of nitrogens with zero attached hydrogens (tertiary/aromatic N) is 2. The predicted molar refractivity (Wildman–Crippen MR) is 135 cm³/mol. The van der Waals surface area contributed by atoms with E-state index < -0.39 is 40.6 Å². The Kier molecular flexibility index (Phi) is 7.66. The molecular weight excluding hydrogens is 538 g/mol. The van der Waals surface area contributed by atoms with E-state index in [9.17, 15) is 14.4 Å². The summed E-state index contributed by atoms with van der Waals surface area (Å²) in [4.78, 5) is 40.0. The van der Waals surface area contributed by atoms with Crippen molar-refractivity contribution < 1.29 is 19.1 Å². The summed E-state index contributed by atoms with van der Waals surface area (Å²) in [5.74, 6) is -1.12. The summed E-state index contributed by atoms with van der Waals surface area (Å²) >= 11 is 5.95. The fourth-order valence-electron chi connectivity index (χ4n) is 3.77. The lowest BCUT2D eigenvalue weighted by atomic mass is 10.0. The lowest BCUT2D eigenvalue weighted by Gasteiger charge is -2.49. The third-order valence-corrected chi connectivity index (χ3v) is 8.53. The lowest BCUT2D eigenvalue weighted by molar-refractivity contribution is -0.154. The Hall–Kier alpha value is -2.74. The molecule has 0 saturated carbocycles. The maximum atomic E-state index is 13.4. The summed E-state index contributed by atoms with van der Waals surface area (Å²) in [5.41, 5.74) is 1.75. The number of carbonyl (C=O) groups excluding carboxylic acids is 3. The van der Waals surface area contributed by atoms with Crippen molar-refractivity contribution in [1.29, 1.82) is 5.26 Å². The highest BCUT2D eigenvalue weighted by atomic mass is 79.9. The van der Waals surface area contributed by atoms with E-state index in [2.05, 4.69) is 21.2 Å². The van der Waals surface area contributed by atoms with Crippen LogP contribution in [0.25, 0.3) is 0 Å². The highest BCUT2D eigenvalue weighted by molar-refractivity contribution is 9.11. The second-order valence-corrected chi connectivity index (χ2v) is 10.5. The number of amides is 2. The van der Waals surface area contributed by atoms with Gasteiger partial charge in [-0.05, 0) is 17.4 Å². The van der Waals surface area contributed by atoms with Gasteiger partial charge in [0.15, 0.2) is 11.4 Å². The van der Waals surface area contributed by atoms with Crippen LogP contribution in [0.4, 0.5) is 0 Å². The Morgan fingerprint density at radius 1 is 1.18 bits per heavy atom. The molecule has 2 aromatic rings. The van der Waals surface area contributed by atoms with E-state index in [4.69, 9.17) is 10.00 Å². The minimum atomic E-state index is -0.903. The minimum Gasteiger partial charge on any atom is -0.448 e. The van der Waals surface area contributed by atoms with Gasteiger partial charge in [0, 0.05) is 10.2 Å². The molecule has 0 aliphatic carbocycles. The van der Waals surface area contributed by atoms with Gasteiger partial charge in [-0.3, -0.25) is 14.5 Å². The Bertz CT molecular complexity index is 1130. The SMILES string of the molecule is CSC(C#N)C(=O)NC1C(=O)N2C(C(=O)OC(c3ccccc3)c3ccccc3)=C(Br)CS[C@@H]12. The van der Waals surface area contributed by atoms with E-state index in [1.165, 1.54) is 16.7 Å². The van der Waals surface area contributed by atoms with E-state index in [1.807, 2.05) is 66.7 Å². The average molecular weight is 558 g/mol. The summed E-state index contributed by atoms with van der Waals surface area (Å²) in [6.07, 6.45) is 1.00. The van der Waals surface area contributed by atoms with Crippen LogP contribution in [0.3, 0.4) is 0 Å². The second-order valence-electron chi connectivity index (χ2n) is 7.50. The Balaban J connectivity index is 1.55. The summed E-state index contributed by atoms with van der Waals surface area (Å²) in [5, 5.41) is 10.4. The molecule has 2 aliphatic heterocycles. The van der Waals surface area contributed by atoms with Crippen molar-refractivity contribution in [3.05, 3.63) is 82.0 Å². The maximum Gasteiger partial charge on any atom is 0.356 e. The number of halogens is 1. The molecule has 0 aromatic heterocycles. The number of ether oxygens (including phenoxy) is 1. The van der Waals surface area contributed by atoms with Crippen LogP contribution in [0.1, 0.15) is 17.2 Å². The number of hydrogen-bond acceptors (Lipinski definition) is 7. The number of thioether (sulfide) groups is 2. The Morgan fingerprint density at radius 2 is 1.76 bits per heavy atom. The van der Waals surface area contributed by atoms with Crippen LogP contribution in [0.2, 0.25) is 0 Å². The number of nitrogens with one attached hydrogen (secondary N) is 1. The number of rotatable bonds is 7. The fourth-order valence-corrected chi connectivity index (χ4v) is 6.09. The van der Waals surface area contributed by atoms with Crippen LogP contribution in [0.15, 0.2) is 70.8 Å². The zero-order valence-electron chi connectivity index (χ0n) is 18.0. The molecule has 2 aromatic carbocycles. The van der Waals surface area contributed by atoms with Gasteiger partial charge in [-0.15, -0.1) is 23.5 Å². The number of nitriles is 1. The van der Waals surface area contributed by atoms with Gasteiger partial charge in [0.25, 0.3) is 5.91 Å². The summed E-state index contributed by atoms with van der Waals surface area (Å²) < 4.78 is 6.51. The molecule has 4 rings (SSSR count). The van der Waals surface area contributed by atoms with Gasteiger partial charge in [0.1, 0.15) is 17.1 Å². The van der Waals surface area contributed by atoms with E-state index in [0.717, 1.165) is 22.9 Å². The zero-order chi connectivity index (χ0) is 24.2. The first kappa shape index (κ1) is 24.4. The number of benzene rings is 2. The first-order chi connectivity index (χ1) is 16.5. The number of esters is 1. The van der Waals surface area contributed by atoms with Gasteiger partial charge >= 0.3 is 5.97 Å². The molecule has 174 valence electrons. The number of fused-ring (bicyclic) bond motifs is 1. The molecule has 2 unspecified atom stereocenters. The molecule has 1 saturated heterocycles. The molecule has 2 amide bonds. The minimum absolute atomic E-state index is 0.137. The van der Waals surface area contributed by atoms with Crippen molar-refractivity contribution in [3.63, 3.8) is 0 Å². The van der Waals surface area contributed by atoms with Crippen LogP contribution in [-0.4, -0.2) is 51.4 Å². The van der Waals surface area contributed by atoms with Crippen molar-refractivity contribution in [2.24, 2.45) is 0 Å². The van der Waals surface area contributed by atoms with Crippen LogP contribution < -0.4 is 5.32 Å². The monoisotopic (exact) mass is 557 g/mol. The van der Waals surface area contributed by atoms with Gasteiger partial charge in [-0.25, -0.2) is 4.79 Å². The van der Waals surface area contributed by atoms with Crippen LogP contribution in [0, 0.1) is 11.3 Å². The van der Waals surface area contributed by atoms with Crippen molar-refractivity contribution in [1.82, 2.24) is 10.2 Å². The summed E-state index contributed by atoms with van der Waals surface area (Å²) in [6, 6.07) is 19.9. The van der Waals surface area contributed by atoms with Crippen LogP contribution >= 0.6 is 39.5 Å². The average Bonchev–Trinajstić information content (AvgIpc) is 2.87. The van der Waals surface area contributed by atoms with Gasteiger partial charge in [0.2, 0.25) is 5.91 Å². The molecule has 1 fully saturated rings.